The molecule has 7 aromatic carbocycles. The van der Waals surface area contributed by atoms with E-state index in [2.05, 4.69) is 160 Å². The van der Waals surface area contributed by atoms with Gasteiger partial charge in [0.15, 0.2) is 0 Å². The van der Waals surface area contributed by atoms with Crippen LogP contribution in [0.15, 0.2) is 140 Å². The Balaban J connectivity index is 1.30. The van der Waals surface area contributed by atoms with Gasteiger partial charge >= 0.3 is 0 Å². The first-order valence-corrected chi connectivity index (χ1v) is 16.4. The van der Waals surface area contributed by atoms with E-state index in [-0.39, 0.29) is 5.41 Å². The fourth-order valence-electron chi connectivity index (χ4n) is 7.78. The molecule has 8 rings (SSSR count). The third-order valence-electron chi connectivity index (χ3n) is 10.1. The molecule has 45 heavy (non-hydrogen) atoms. The molecule has 0 saturated heterocycles. The van der Waals surface area contributed by atoms with E-state index in [1.807, 2.05) is 0 Å². The van der Waals surface area contributed by atoms with Crippen LogP contribution >= 0.6 is 0 Å². The van der Waals surface area contributed by atoms with Crippen molar-refractivity contribution in [2.24, 2.45) is 0 Å². The lowest BCUT2D eigenvalue weighted by atomic mass is 9.71. The first-order chi connectivity index (χ1) is 22.1. The largest absolute Gasteiger partial charge is 0.0755 e. The van der Waals surface area contributed by atoms with Crippen LogP contribution in [0.5, 0.6) is 0 Å². The zero-order chi connectivity index (χ0) is 30.5. The summed E-state index contributed by atoms with van der Waals surface area (Å²) in [4.78, 5) is 0. The van der Waals surface area contributed by atoms with Crippen LogP contribution in [0.1, 0.15) is 48.9 Å². The highest BCUT2D eigenvalue weighted by Crippen LogP contribution is 2.46. The molecule has 0 saturated carbocycles. The predicted octanol–water partition coefficient (Wildman–Crippen LogP) is 12.5. The fraction of sp³-hybridized carbons (Fsp3) is 0.156. The summed E-state index contributed by atoms with van der Waals surface area (Å²) < 4.78 is 0. The third kappa shape index (κ3) is 4.51. The molecule has 0 heteroatoms. The third-order valence-corrected chi connectivity index (χ3v) is 10.1. The Labute approximate surface area is 266 Å². The Morgan fingerprint density at radius 1 is 0.644 bits per heavy atom. The molecule has 1 aliphatic carbocycles. The van der Waals surface area contributed by atoms with Crippen molar-refractivity contribution < 1.29 is 0 Å². The Kier molecular flexibility index (Phi) is 6.68. The van der Waals surface area contributed by atoms with E-state index in [0.717, 1.165) is 19.3 Å². The SMILES string of the molecule is CCCc1cccc(C2(C)C=CC(c3cc(-c4ccccc4)c4ccc5cccc6ccc3c4c65)=CC2)c1-c1ccccc1C. The highest BCUT2D eigenvalue weighted by Gasteiger charge is 2.30. The highest BCUT2D eigenvalue weighted by atomic mass is 14.3. The minimum atomic E-state index is -0.100. The van der Waals surface area contributed by atoms with Crippen molar-refractivity contribution in [3.8, 4) is 22.3 Å². The summed E-state index contributed by atoms with van der Waals surface area (Å²) in [6.07, 6.45) is 10.6. The quantitative estimate of drug-likeness (QED) is 0.172. The van der Waals surface area contributed by atoms with Crippen molar-refractivity contribution in [2.45, 2.75) is 45.4 Å². The summed E-state index contributed by atoms with van der Waals surface area (Å²) in [5, 5.41) is 8.01. The molecule has 7 aromatic rings. The van der Waals surface area contributed by atoms with Gasteiger partial charge in [-0.2, -0.15) is 0 Å². The molecule has 218 valence electrons. The van der Waals surface area contributed by atoms with Crippen molar-refractivity contribution in [2.75, 3.05) is 0 Å². The van der Waals surface area contributed by atoms with Crippen molar-refractivity contribution in [1.29, 1.82) is 0 Å². The van der Waals surface area contributed by atoms with Crippen molar-refractivity contribution in [1.82, 2.24) is 0 Å². The van der Waals surface area contributed by atoms with Crippen LogP contribution in [0.4, 0.5) is 0 Å². The molecular formula is C45H38. The molecule has 0 aliphatic heterocycles. The van der Waals surface area contributed by atoms with Crippen LogP contribution in [0, 0.1) is 6.92 Å². The molecule has 0 nitrogen and oxygen atoms in total. The Morgan fingerprint density at radius 3 is 2.07 bits per heavy atom. The average molecular weight is 579 g/mol. The predicted molar refractivity (Wildman–Crippen MR) is 195 cm³/mol. The molecule has 0 spiro atoms. The minimum absolute atomic E-state index is 0.100. The first-order valence-electron chi connectivity index (χ1n) is 16.4. The molecule has 0 heterocycles. The van der Waals surface area contributed by atoms with Crippen LogP contribution in [0.25, 0.3) is 60.1 Å². The van der Waals surface area contributed by atoms with E-state index in [1.165, 1.54) is 82.4 Å². The minimum Gasteiger partial charge on any atom is -0.0755 e. The van der Waals surface area contributed by atoms with Crippen LogP contribution in [-0.4, -0.2) is 0 Å². The number of hydrogen-bond donors (Lipinski definition) is 0. The maximum Gasteiger partial charge on any atom is 0.0148 e. The Morgan fingerprint density at radius 2 is 1.36 bits per heavy atom. The first kappa shape index (κ1) is 27.6. The van der Waals surface area contributed by atoms with Crippen molar-refractivity contribution in [3.63, 3.8) is 0 Å². The summed E-state index contributed by atoms with van der Waals surface area (Å²) in [6.45, 7) is 6.95. The molecular weight excluding hydrogens is 540 g/mol. The molecule has 0 amide bonds. The van der Waals surface area contributed by atoms with Gasteiger partial charge in [-0.3, -0.25) is 0 Å². The van der Waals surface area contributed by atoms with Gasteiger partial charge in [0.25, 0.3) is 0 Å². The second-order valence-electron chi connectivity index (χ2n) is 13.0. The van der Waals surface area contributed by atoms with E-state index < -0.39 is 0 Å². The second-order valence-corrected chi connectivity index (χ2v) is 13.0. The number of allylic oxidation sites excluding steroid dienone is 4. The summed E-state index contributed by atoms with van der Waals surface area (Å²) in [6, 6.07) is 45.1. The molecule has 0 aromatic heterocycles. The van der Waals surface area contributed by atoms with E-state index >= 15 is 0 Å². The van der Waals surface area contributed by atoms with Crippen molar-refractivity contribution in [3.05, 3.63) is 162 Å². The second kappa shape index (κ2) is 10.9. The zero-order valence-electron chi connectivity index (χ0n) is 26.4. The maximum absolute atomic E-state index is 2.50. The summed E-state index contributed by atoms with van der Waals surface area (Å²) in [5.74, 6) is 0. The standard InChI is InChI=1S/C45H38/c1-4-12-33-18-11-20-41(43(33)36-19-9-8-13-30(36)2)45(3)27-25-32(26-28-45)40-29-39(31-14-6-5-7-15-31)37-23-21-34-16-10-17-35-22-24-38(40)44(37)42(34)35/h5-11,13-27,29H,4,12,28H2,1-3H3. The van der Waals surface area contributed by atoms with E-state index in [0.29, 0.717) is 0 Å². The molecule has 0 bridgehead atoms. The lowest BCUT2D eigenvalue weighted by Crippen LogP contribution is -2.22. The number of benzene rings is 7. The molecule has 0 fully saturated rings. The van der Waals surface area contributed by atoms with Crippen molar-refractivity contribution >= 4 is 37.9 Å². The van der Waals surface area contributed by atoms with Crippen LogP contribution in [0.3, 0.4) is 0 Å². The van der Waals surface area contributed by atoms with Gasteiger partial charge in [0, 0.05) is 5.41 Å². The lowest BCUT2D eigenvalue weighted by Gasteiger charge is -2.33. The van der Waals surface area contributed by atoms with E-state index in [1.54, 1.807) is 0 Å². The van der Waals surface area contributed by atoms with Gasteiger partial charge in [-0.05, 0) is 108 Å². The van der Waals surface area contributed by atoms with Crippen LogP contribution in [-0.2, 0) is 11.8 Å². The van der Waals surface area contributed by atoms with E-state index in [9.17, 15) is 0 Å². The Bertz CT molecular complexity index is 2250. The topological polar surface area (TPSA) is 0 Å². The van der Waals surface area contributed by atoms with Gasteiger partial charge in [0.2, 0.25) is 0 Å². The number of rotatable bonds is 6. The van der Waals surface area contributed by atoms with Gasteiger partial charge in [-0.15, -0.1) is 0 Å². The van der Waals surface area contributed by atoms with Gasteiger partial charge in [0.05, 0.1) is 0 Å². The molecule has 1 unspecified atom stereocenters. The lowest BCUT2D eigenvalue weighted by molar-refractivity contribution is 0.602. The zero-order valence-corrected chi connectivity index (χ0v) is 26.4. The monoisotopic (exact) mass is 578 g/mol. The van der Waals surface area contributed by atoms with Gasteiger partial charge in [-0.25, -0.2) is 0 Å². The maximum atomic E-state index is 2.50. The summed E-state index contributed by atoms with van der Waals surface area (Å²) in [7, 11) is 0. The van der Waals surface area contributed by atoms with E-state index in [4.69, 9.17) is 0 Å². The molecule has 0 radical (unpaired) electrons. The fourth-order valence-corrected chi connectivity index (χ4v) is 7.78. The Hall–Kier alpha value is -4.94. The molecule has 1 atom stereocenters. The normalized spacial score (nSPS) is 16.6. The van der Waals surface area contributed by atoms with Gasteiger partial charge < -0.3 is 0 Å². The average Bonchev–Trinajstić information content (AvgIpc) is 3.08. The smallest absolute Gasteiger partial charge is 0.0148 e. The van der Waals surface area contributed by atoms with Gasteiger partial charge in [0.1, 0.15) is 0 Å². The molecule has 0 N–H and O–H groups in total. The number of aryl methyl sites for hydroxylation is 2. The summed E-state index contributed by atoms with van der Waals surface area (Å²) in [5.41, 5.74) is 12.1. The number of hydrogen-bond acceptors (Lipinski definition) is 0. The highest BCUT2D eigenvalue weighted by molar-refractivity contribution is 6.27. The molecule has 1 aliphatic rings. The van der Waals surface area contributed by atoms with Crippen LogP contribution in [0.2, 0.25) is 0 Å². The summed E-state index contributed by atoms with van der Waals surface area (Å²) >= 11 is 0. The van der Waals surface area contributed by atoms with Crippen LogP contribution < -0.4 is 0 Å². The van der Waals surface area contributed by atoms with Gasteiger partial charge in [-0.1, -0.05) is 154 Å².